The maximum atomic E-state index is 11.5. The van der Waals surface area contributed by atoms with E-state index in [0.717, 1.165) is 18.9 Å². The molecular weight excluding hydrogens is 232 g/mol. The van der Waals surface area contributed by atoms with E-state index in [2.05, 4.69) is 37.8 Å². The van der Waals surface area contributed by atoms with Crippen molar-refractivity contribution in [3.05, 3.63) is 5.82 Å². The van der Waals surface area contributed by atoms with Crippen molar-refractivity contribution in [1.29, 1.82) is 0 Å². The minimum absolute atomic E-state index is 0.0989. The second-order valence-electron chi connectivity index (χ2n) is 4.87. The molecule has 7 nitrogen and oxygen atoms in total. The molecule has 1 amide bonds. The lowest BCUT2D eigenvalue weighted by Crippen LogP contribution is -2.35. The maximum absolute atomic E-state index is 11.5. The highest BCUT2D eigenvalue weighted by Crippen LogP contribution is 2.15. The van der Waals surface area contributed by atoms with Gasteiger partial charge in [0.1, 0.15) is 0 Å². The molecule has 0 aliphatic carbocycles. The molecule has 0 saturated carbocycles. The molecule has 0 unspecified atom stereocenters. The van der Waals surface area contributed by atoms with Crippen molar-refractivity contribution in [3.63, 3.8) is 0 Å². The van der Waals surface area contributed by atoms with Crippen LogP contribution < -0.4 is 5.32 Å². The van der Waals surface area contributed by atoms with Gasteiger partial charge in [0.05, 0.1) is 0 Å². The zero-order chi connectivity index (χ0) is 12.8. The van der Waals surface area contributed by atoms with Crippen molar-refractivity contribution < 1.29 is 4.79 Å². The van der Waals surface area contributed by atoms with E-state index >= 15 is 0 Å². The quantitative estimate of drug-likeness (QED) is 0.723. The van der Waals surface area contributed by atoms with E-state index in [-0.39, 0.29) is 11.7 Å². The number of hydrogen-bond acceptors (Lipinski definition) is 5. The van der Waals surface area contributed by atoms with E-state index in [0.29, 0.717) is 6.54 Å². The minimum atomic E-state index is -0.268. The van der Waals surface area contributed by atoms with E-state index in [1.54, 1.807) is 0 Å². The second-order valence-corrected chi connectivity index (χ2v) is 4.87. The highest BCUT2D eigenvalue weighted by Gasteiger charge is 2.15. The van der Waals surface area contributed by atoms with E-state index < -0.39 is 0 Å². The van der Waals surface area contributed by atoms with Gasteiger partial charge in [0.15, 0.2) is 0 Å². The van der Waals surface area contributed by atoms with E-state index in [1.165, 1.54) is 25.9 Å². The zero-order valence-electron chi connectivity index (χ0n) is 10.7. The van der Waals surface area contributed by atoms with Crippen LogP contribution >= 0.6 is 0 Å². The Hall–Kier alpha value is -1.50. The largest absolute Gasteiger partial charge is 0.349 e. The lowest BCUT2D eigenvalue weighted by Gasteiger charge is -2.30. The number of H-pyrrole nitrogens is 1. The predicted molar refractivity (Wildman–Crippen MR) is 66.0 cm³/mol. The molecule has 2 heterocycles. The van der Waals surface area contributed by atoms with Crippen LogP contribution in [-0.4, -0.2) is 57.6 Å². The highest BCUT2D eigenvalue weighted by molar-refractivity contribution is 5.89. The molecule has 1 aromatic heterocycles. The Bertz CT molecular complexity index is 358. The zero-order valence-corrected chi connectivity index (χ0v) is 10.7. The Labute approximate surface area is 106 Å². The van der Waals surface area contributed by atoms with Crippen molar-refractivity contribution in [2.45, 2.75) is 26.2 Å². The van der Waals surface area contributed by atoms with Gasteiger partial charge in [0.25, 0.3) is 11.7 Å². The van der Waals surface area contributed by atoms with Crippen LogP contribution in [0.4, 0.5) is 0 Å². The van der Waals surface area contributed by atoms with E-state index in [4.69, 9.17) is 0 Å². The Balaban J connectivity index is 1.57. The minimum Gasteiger partial charge on any atom is -0.349 e. The number of hydrogen-bond donors (Lipinski definition) is 2. The highest BCUT2D eigenvalue weighted by atomic mass is 16.2. The van der Waals surface area contributed by atoms with E-state index in [1.807, 2.05) is 0 Å². The number of aromatic nitrogens is 4. The number of aromatic amines is 1. The van der Waals surface area contributed by atoms with Gasteiger partial charge in [-0.15, -0.1) is 10.2 Å². The van der Waals surface area contributed by atoms with Crippen molar-refractivity contribution in [1.82, 2.24) is 30.8 Å². The molecule has 0 spiro atoms. The van der Waals surface area contributed by atoms with Crippen molar-refractivity contribution in [2.75, 3.05) is 26.2 Å². The third kappa shape index (κ3) is 3.76. The summed E-state index contributed by atoms with van der Waals surface area (Å²) < 4.78 is 0. The summed E-state index contributed by atoms with van der Waals surface area (Å²) in [7, 11) is 0. The first kappa shape index (κ1) is 12.9. The van der Waals surface area contributed by atoms with Crippen LogP contribution in [0.5, 0.6) is 0 Å². The topological polar surface area (TPSA) is 86.8 Å². The molecule has 2 rings (SSSR count). The summed E-state index contributed by atoms with van der Waals surface area (Å²) in [6.45, 7) is 6.36. The molecule has 7 heteroatoms. The van der Waals surface area contributed by atoms with Gasteiger partial charge in [-0.25, -0.2) is 0 Å². The fraction of sp³-hybridized carbons (Fsp3) is 0.818. The summed E-state index contributed by atoms with van der Waals surface area (Å²) in [6, 6.07) is 0. The number of carbonyl (C=O) groups is 1. The van der Waals surface area contributed by atoms with Crippen LogP contribution in [0.1, 0.15) is 36.8 Å². The smallest absolute Gasteiger partial charge is 0.292 e. The molecule has 0 bridgehead atoms. The first-order valence-corrected chi connectivity index (χ1v) is 6.49. The number of likely N-dealkylation sites (tertiary alicyclic amines) is 1. The lowest BCUT2D eigenvalue weighted by molar-refractivity contribution is 0.0940. The number of piperidine rings is 1. The number of amides is 1. The molecule has 1 fully saturated rings. The normalized spacial score (nSPS) is 17.8. The Kier molecular flexibility index (Phi) is 4.63. The number of nitrogens with zero attached hydrogens (tertiary/aromatic N) is 4. The van der Waals surface area contributed by atoms with Gasteiger partial charge >= 0.3 is 0 Å². The van der Waals surface area contributed by atoms with Crippen LogP contribution in [-0.2, 0) is 0 Å². The van der Waals surface area contributed by atoms with Crippen molar-refractivity contribution >= 4 is 5.91 Å². The number of carbonyl (C=O) groups excluding carboxylic acids is 1. The third-order valence-corrected chi connectivity index (χ3v) is 3.36. The second kappa shape index (κ2) is 6.44. The van der Waals surface area contributed by atoms with Crippen LogP contribution in [0.25, 0.3) is 0 Å². The molecule has 1 aliphatic heterocycles. The molecule has 0 radical (unpaired) electrons. The van der Waals surface area contributed by atoms with Crippen LogP contribution in [0, 0.1) is 5.92 Å². The van der Waals surface area contributed by atoms with Gasteiger partial charge in [-0.3, -0.25) is 4.79 Å². The molecule has 1 aromatic rings. The monoisotopic (exact) mass is 252 g/mol. The molecule has 1 saturated heterocycles. The average Bonchev–Trinajstić information content (AvgIpc) is 2.90. The molecule has 2 N–H and O–H groups in total. The molecular formula is C11H20N6O. The number of nitrogens with one attached hydrogen (secondary N) is 2. The summed E-state index contributed by atoms with van der Waals surface area (Å²) in [6.07, 6.45) is 3.53. The molecule has 0 atom stereocenters. The fourth-order valence-corrected chi connectivity index (χ4v) is 2.13. The summed E-state index contributed by atoms with van der Waals surface area (Å²) >= 11 is 0. The summed E-state index contributed by atoms with van der Waals surface area (Å²) in [5.41, 5.74) is 0. The SMILES string of the molecule is CC1CCN(CCCNC(=O)c2nn[nH]n2)CC1. The summed E-state index contributed by atoms with van der Waals surface area (Å²) in [5, 5.41) is 15.6. The Morgan fingerprint density at radius 3 is 2.94 bits per heavy atom. The van der Waals surface area contributed by atoms with Crippen molar-refractivity contribution in [2.24, 2.45) is 5.92 Å². The number of tetrazole rings is 1. The molecule has 18 heavy (non-hydrogen) atoms. The first-order valence-electron chi connectivity index (χ1n) is 6.49. The first-order chi connectivity index (χ1) is 8.75. The van der Waals surface area contributed by atoms with Crippen LogP contribution in [0.3, 0.4) is 0 Å². The van der Waals surface area contributed by atoms with Gasteiger partial charge in [0.2, 0.25) is 0 Å². The third-order valence-electron chi connectivity index (χ3n) is 3.36. The molecule has 100 valence electrons. The summed E-state index contributed by atoms with van der Waals surface area (Å²) in [4.78, 5) is 13.9. The Morgan fingerprint density at radius 1 is 1.50 bits per heavy atom. The fourth-order valence-electron chi connectivity index (χ4n) is 2.13. The van der Waals surface area contributed by atoms with Crippen LogP contribution in [0.2, 0.25) is 0 Å². The number of rotatable bonds is 5. The average molecular weight is 252 g/mol. The lowest BCUT2D eigenvalue weighted by atomic mass is 9.99. The summed E-state index contributed by atoms with van der Waals surface area (Å²) in [5.74, 6) is 0.692. The van der Waals surface area contributed by atoms with Gasteiger partial charge in [0, 0.05) is 6.54 Å². The van der Waals surface area contributed by atoms with Gasteiger partial charge in [-0.1, -0.05) is 6.92 Å². The predicted octanol–water partition coefficient (Wildman–Crippen LogP) is 0.0515. The van der Waals surface area contributed by atoms with Gasteiger partial charge < -0.3 is 10.2 Å². The van der Waals surface area contributed by atoms with Crippen molar-refractivity contribution in [3.8, 4) is 0 Å². The molecule has 0 aromatic carbocycles. The van der Waals surface area contributed by atoms with E-state index in [9.17, 15) is 4.79 Å². The maximum Gasteiger partial charge on any atom is 0.292 e. The van der Waals surface area contributed by atoms with Gasteiger partial charge in [-0.05, 0) is 50.0 Å². The Morgan fingerprint density at radius 2 is 2.28 bits per heavy atom. The standard InChI is InChI=1S/C11H20N6O/c1-9-3-7-17(8-4-9)6-2-5-12-11(18)10-13-15-16-14-10/h9H,2-8H2,1H3,(H,12,18)(H,13,14,15,16). The van der Waals surface area contributed by atoms with Crippen LogP contribution in [0.15, 0.2) is 0 Å². The van der Waals surface area contributed by atoms with Gasteiger partial charge in [-0.2, -0.15) is 5.21 Å². The molecule has 1 aliphatic rings.